The van der Waals surface area contributed by atoms with E-state index in [1.165, 1.54) is 6.33 Å². The Hall–Kier alpha value is -3.47. The SMILES string of the molecule is Nc1ncnc2n[nH]c(C#Cc3ccc4n[nH]nc4c3)c12. The van der Waals surface area contributed by atoms with E-state index in [4.69, 9.17) is 5.73 Å². The zero-order valence-electron chi connectivity index (χ0n) is 10.6. The predicted octanol–water partition coefficient (Wildman–Crippen LogP) is 0.606. The molecule has 0 aliphatic rings. The fourth-order valence-electron chi connectivity index (χ4n) is 2.02. The van der Waals surface area contributed by atoms with Crippen molar-refractivity contribution >= 4 is 27.9 Å². The highest BCUT2D eigenvalue weighted by Gasteiger charge is 2.08. The third-order valence-corrected chi connectivity index (χ3v) is 3.03. The fraction of sp³-hybridized carbons (Fsp3) is 0. The molecule has 1 aromatic carbocycles. The molecule has 0 radical (unpaired) electrons. The van der Waals surface area contributed by atoms with Crippen LogP contribution < -0.4 is 5.73 Å². The molecule has 0 unspecified atom stereocenters. The number of nitrogens with two attached hydrogens (primary N) is 1. The third-order valence-electron chi connectivity index (χ3n) is 3.03. The van der Waals surface area contributed by atoms with E-state index in [1.807, 2.05) is 18.2 Å². The summed E-state index contributed by atoms with van der Waals surface area (Å²) >= 11 is 0. The molecule has 8 nitrogen and oxygen atoms in total. The number of hydrogen-bond acceptors (Lipinski definition) is 6. The van der Waals surface area contributed by atoms with Crippen LogP contribution in [0.3, 0.4) is 0 Å². The Morgan fingerprint density at radius 1 is 1.00 bits per heavy atom. The quantitative estimate of drug-likeness (QED) is 0.404. The van der Waals surface area contributed by atoms with E-state index in [-0.39, 0.29) is 0 Å². The Morgan fingerprint density at radius 3 is 2.86 bits per heavy atom. The molecule has 0 aliphatic carbocycles. The molecule has 0 saturated carbocycles. The molecule has 4 aromatic rings. The molecule has 0 aliphatic heterocycles. The van der Waals surface area contributed by atoms with Gasteiger partial charge >= 0.3 is 0 Å². The van der Waals surface area contributed by atoms with E-state index in [9.17, 15) is 0 Å². The van der Waals surface area contributed by atoms with E-state index in [2.05, 4.69) is 47.4 Å². The third kappa shape index (κ3) is 1.84. The van der Waals surface area contributed by atoms with Gasteiger partial charge in [0.2, 0.25) is 0 Å². The van der Waals surface area contributed by atoms with Crippen molar-refractivity contribution in [2.45, 2.75) is 0 Å². The number of fused-ring (bicyclic) bond motifs is 2. The molecule has 4 N–H and O–H groups in total. The molecule has 4 rings (SSSR count). The van der Waals surface area contributed by atoms with E-state index in [0.29, 0.717) is 22.5 Å². The summed E-state index contributed by atoms with van der Waals surface area (Å²) < 4.78 is 0. The van der Waals surface area contributed by atoms with E-state index >= 15 is 0 Å². The van der Waals surface area contributed by atoms with Crippen molar-refractivity contribution in [3.63, 3.8) is 0 Å². The highest BCUT2D eigenvalue weighted by atomic mass is 15.3. The first-order valence-electron chi connectivity index (χ1n) is 6.08. The predicted molar refractivity (Wildman–Crippen MR) is 76.0 cm³/mol. The molecule has 21 heavy (non-hydrogen) atoms. The first-order chi connectivity index (χ1) is 10.3. The van der Waals surface area contributed by atoms with Crippen LogP contribution in [-0.4, -0.2) is 35.6 Å². The van der Waals surface area contributed by atoms with Gasteiger partial charge in [0, 0.05) is 5.56 Å². The van der Waals surface area contributed by atoms with Gasteiger partial charge in [-0.2, -0.15) is 20.5 Å². The van der Waals surface area contributed by atoms with Crippen molar-refractivity contribution < 1.29 is 0 Å². The number of H-pyrrole nitrogens is 2. The first kappa shape index (κ1) is 11.4. The van der Waals surface area contributed by atoms with Gasteiger partial charge in [0.1, 0.15) is 28.9 Å². The van der Waals surface area contributed by atoms with Crippen LogP contribution in [0.15, 0.2) is 24.5 Å². The molecule has 0 spiro atoms. The Bertz CT molecular complexity index is 1020. The van der Waals surface area contributed by atoms with Gasteiger partial charge in [-0.25, -0.2) is 9.97 Å². The number of nitrogens with one attached hydrogen (secondary N) is 2. The minimum absolute atomic E-state index is 0.352. The van der Waals surface area contributed by atoms with Crippen LogP contribution in [0.4, 0.5) is 5.82 Å². The molecule has 3 aromatic heterocycles. The molecule has 0 saturated heterocycles. The Balaban J connectivity index is 1.81. The van der Waals surface area contributed by atoms with Crippen molar-refractivity contribution in [2.75, 3.05) is 5.73 Å². The molecule has 0 amide bonds. The number of rotatable bonds is 0. The molecule has 0 fully saturated rings. The summed E-state index contributed by atoms with van der Waals surface area (Å²) in [5.41, 5.74) is 9.29. The van der Waals surface area contributed by atoms with E-state index < -0.39 is 0 Å². The second kappa shape index (κ2) is 4.28. The Kier molecular flexibility index (Phi) is 2.31. The molecular weight excluding hydrogens is 268 g/mol. The molecule has 100 valence electrons. The number of hydrogen-bond donors (Lipinski definition) is 3. The maximum atomic E-state index is 5.83. The number of nitrogens with zero attached hydrogens (tertiary/aromatic N) is 5. The fourth-order valence-corrected chi connectivity index (χ4v) is 2.02. The summed E-state index contributed by atoms with van der Waals surface area (Å²) in [6, 6.07) is 5.58. The van der Waals surface area contributed by atoms with Crippen molar-refractivity contribution in [3.05, 3.63) is 35.8 Å². The minimum atomic E-state index is 0.352. The lowest BCUT2D eigenvalue weighted by Gasteiger charge is -1.92. The van der Waals surface area contributed by atoms with Gasteiger partial charge in [-0.15, -0.1) is 0 Å². The van der Waals surface area contributed by atoms with Crippen molar-refractivity contribution in [1.29, 1.82) is 0 Å². The summed E-state index contributed by atoms with van der Waals surface area (Å²) in [4.78, 5) is 7.97. The summed E-state index contributed by atoms with van der Waals surface area (Å²) in [5.74, 6) is 6.38. The van der Waals surface area contributed by atoms with Gasteiger partial charge in [0.15, 0.2) is 5.65 Å². The van der Waals surface area contributed by atoms with Gasteiger partial charge in [-0.05, 0) is 24.1 Å². The number of nitrogen functional groups attached to an aromatic ring is 1. The van der Waals surface area contributed by atoms with Crippen molar-refractivity contribution in [2.24, 2.45) is 0 Å². The second-order valence-corrected chi connectivity index (χ2v) is 4.33. The Morgan fingerprint density at radius 2 is 1.90 bits per heavy atom. The van der Waals surface area contributed by atoms with Crippen LogP contribution in [0.25, 0.3) is 22.1 Å². The van der Waals surface area contributed by atoms with Gasteiger partial charge in [0.05, 0.1) is 5.39 Å². The van der Waals surface area contributed by atoms with Crippen LogP contribution >= 0.6 is 0 Å². The standard InChI is InChI=1S/C13H8N8/c14-12-11-9(17-20-13(11)16-6-15-12)4-2-7-1-3-8-10(5-7)19-21-18-8/h1,3,5-6H,(H,18,19,21)(H3,14,15,16,17,20). The van der Waals surface area contributed by atoms with Gasteiger partial charge < -0.3 is 5.73 Å². The van der Waals surface area contributed by atoms with Gasteiger partial charge in [-0.1, -0.05) is 5.92 Å². The highest BCUT2D eigenvalue weighted by molar-refractivity contribution is 5.90. The lowest BCUT2D eigenvalue weighted by Crippen LogP contribution is -1.92. The van der Waals surface area contributed by atoms with Crippen LogP contribution in [-0.2, 0) is 0 Å². The topological polar surface area (TPSA) is 122 Å². The van der Waals surface area contributed by atoms with Crippen LogP contribution in [0.2, 0.25) is 0 Å². The highest BCUT2D eigenvalue weighted by Crippen LogP contribution is 2.17. The average Bonchev–Trinajstić information content (AvgIpc) is 3.11. The average molecular weight is 276 g/mol. The summed E-state index contributed by atoms with van der Waals surface area (Å²) in [6.07, 6.45) is 1.37. The lowest BCUT2D eigenvalue weighted by atomic mass is 10.2. The first-order valence-corrected chi connectivity index (χ1v) is 6.08. The number of aromatic nitrogens is 7. The largest absolute Gasteiger partial charge is 0.383 e. The number of anilines is 1. The van der Waals surface area contributed by atoms with E-state index in [1.54, 1.807) is 0 Å². The second-order valence-electron chi connectivity index (χ2n) is 4.33. The summed E-state index contributed by atoms with van der Waals surface area (Å²) in [5, 5.41) is 18.1. The Labute approximate surface area is 117 Å². The van der Waals surface area contributed by atoms with Crippen molar-refractivity contribution in [3.8, 4) is 11.8 Å². The maximum Gasteiger partial charge on any atom is 0.187 e. The van der Waals surface area contributed by atoms with Gasteiger partial charge in [-0.3, -0.25) is 5.10 Å². The molecule has 0 atom stereocenters. The smallest absolute Gasteiger partial charge is 0.187 e. The summed E-state index contributed by atoms with van der Waals surface area (Å²) in [6.45, 7) is 0. The van der Waals surface area contributed by atoms with Crippen LogP contribution in [0, 0.1) is 11.8 Å². The number of aromatic amines is 2. The molecule has 3 heterocycles. The molecule has 0 bridgehead atoms. The normalized spacial score (nSPS) is 10.7. The monoisotopic (exact) mass is 276 g/mol. The lowest BCUT2D eigenvalue weighted by molar-refractivity contribution is 0.959. The zero-order chi connectivity index (χ0) is 14.2. The van der Waals surface area contributed by atoms with Gasteiger partial charge in [0.25, 0.3) is 0 Å². The minimum Gasteiger partial charge on any atom is -0.383 e. The van der Waals surface area contributed by atoms with Crippen LogP contribution in [0.5, 0.6) is 0 Å². The molecule has 8 heteroatoms. The van der Waals surface area contributed by atoms with Crippen LogP contribution in [0.1, 0.15) is 11.3 Å². The van der Waals surface area contributed by atoms with Crippen molar-refractivity contribution in [1.82, 2.24) is 35.6 Å². The summed E-state index contributed by atoms with van der Waals surface area (Å²) in [7, 11) is 0. The zero-order valence-corrected chi connectivity index (χ0v) is 10.6. The number of benzene rings is 1. The maximum absolute atomic E-state index is 5.83. The van der Waals surface area contributed by atoms with E-state index in [0.717, 1.165) is 16.6 Å². The molecular formula is C13H8N8.